The molecule has 5 rings (SSSR count). The van der Waals surface area contributed by atoms with Crippen LogP contribution < -0.4 is 19.9 Å². The highest BCUT2D eigenvalue weighted by Gasteiger charge is 2.31. The minimum atomic E-state index is -0.236. The summed E-state index contributed by atoms with van der Waals surface area (Å²) in [7, 11) is 8.24. The predicted octanol–water partition coefficient (Wildman–Crippen LogP) is 6.50. The van der Waals surface area contributed by atoms with Crippen LogP contribution in [-0.4, -0.2) is 28.2 Å². The molecule has 0 bridgehead atoms. The molecule has 4 nitrogen and oxygen atoms in total. The molecule has 1 N–H and O–H groups in total. The summed E-state index contributed by atoms with van der Waals surface area (Å²) in [5, 5.41) is 6.18. The highest BCUT2D eigenvalue weighted by atomic mass is 79.9. The van der Waals surface area contributed by atoms with Crippen LogP contribution in [0.4, 0.5) is 11.4 Å². The Morgan fingerprint density at radius 3 is 1.94 bits per heavy atom. The largest absolute Gasteiger partial charge is 0.471 e. The van der Waals surface area contributed by atoms with Crippen LogP contribution in [0, 0.1) is 0 Å². The summed E-state index contributed by atoms with van der Waals surface area (Å²) in [4.78, 5) is 4.23. The molecule has 2 atom stereocenters. The van der Waals surface area contributed by atoms with Gasteiger partial charge in [-0.3, -0.25) is 5.32 Å². The molecule has 0 unspecified atom stereocenters. The van der Waals surface area contributed by atoms with Crippen molar-refractivity contribution >= 4 is 38.1 Å². The van der Waals surface area contributed by atoms with Gasteiger partial charge in [0.05, 0.1) is 6.04 Å². The smallest absolute Gasteiger partial charge is 0.177 e. The molecule has 4 aromatic carbocycles. The lowest BCUT2D eigenvalue weighted by molar-refractivity contribution is 0.134. The second-order valence-electron chi connectivity index (χ2n) is 8.91. The van der Waals surface area contributed by atoms with Gasteiger partial charge in [-0.05, 0) is 58.8 Å². The van der Waals surface area contributed by atoms with Gasteiger partial charge in [-0.15, -0.1) is 0 Å². The number of anilines is 2. The van der Waals surface area contributed by atoms with Crippen LogP contribution in [0.3, 0.4) is 0 Å². The molecule has 0 saturated carbocycles. The van der Waals surface area contributed by atoms with Crippen molar-refractivity contribution in [3.05, 3.63) is 100 Å². The van der Waals surface area contributed by atoms with Crippen molar-refractivity contribution in [2.45, 2.75) is 12.3 Å². The molecule has 4 aromatic rings. The molecular formula is C28H28BrN3O. The maximum absolute atomic E-state index is 6.53. The highest BCUT2D eigenvalue weighted by Crippen LogP contribution is 2.43. The number of rotatable bonds is 4. The van der Waals surface area contributed by atoms with Crippen molar-refractivity contribution in [1.29, 1.82) is 0 Å². The quantitative estimate of drug-likeness (QED) is 0.345. The van der Waals surface area contributed by atoms with Crippen molar-refractivity contribution in [3.63, 3.8) is 0 Å². The zero-order valence-corrected chi connectivity index (χ0v) is 20.9. The van der Waals surface area contributed by atoms with Crippen molar-refractivity contribution in [2.75, 3.05) is 38.0 Å². The predicted molar refractivity (Wildman–Crippen MR) is 142 cm³/mol. The average molecular weight is 502 g/mol. The Labute approximate surface area is 203 Å². The van der Waals surface area contributed by atoms with E-state index >= 15 is 0 Å². The Kier molecular flexibility index (Phi) is 5.77. The van der Waals surface area contributed by atoms with Crippen molar-refractivity contribution in [3.8, 4) is 5.75 Å². The second kappa shape index (κ2) is 8.73. The molecule has 0 aromatic heterocycles. The molecule has 33 heavy (non-hydrogen) atoms. The van der Waals surface area contributed by atoms with Gasteiger partial charge in [0.1, 0.15) is 5.75 Å². The molecule has 1 heterocycles. The Hall–Kier alpha value is -3.02. The van der Waals surface area contributed by atoms with Gasteiger partial charge in [0, 0.05) is 55.2 Å². The molecule has 0 aliphatic carbocycles. The summed E-state index contributed by atoms with van der Waals surface area (Å²) in [5.41, 5.74) is 5.86. The third kappa shape index (κ3) is 4.19. The standard InChI is InChI=1S/C28H28BrN3O/c1-31(2)22-11-5-18(6-12-22)27-26-24-15-10-21(29)17-20(24)9-16-25(26)33-28(30-27)19-7-13-23(14-8-19)32(3)4/h5-17,27-28,30H,1-4H3/t27-,28-/m1/s1. The maximum Gasteiger partial charge on any atom is 0.177 e. The van der Waals surface area contributed by atoms with Crippen LogP contribution in [0.25, 0.3) is 10.8 Å². The van der Waals surface area contributed by atoms with Crippen molar-refractivity contribution in [2.24, 2.45) is 0 Å². The fourth-order valence-corrected chi connectivity index (χ4v) is 4.82. The topological polar surface area (TPSA) is 27.7 Å². The number of nitrogens with zero attached hydrogens (tertiary/aromatic N) is 2. The van der Waals surface area contributed by atoms with E-state index in [0.717, 1.165) is 15.8 Å². The summed E-state index contributed by atoms with van der Waals surface area (Å²) >= 11 is 3.61. The van der Waals surface area contributed by atoms with Gasteiger partial charge in [-0.25, -0.2) is 0 Å². The van der Waals surface area contributed by atoms with Crippen LogP contribution >= 0.6 is 15.9 Å². The number of hydrogen-bond acceptors (Lipinski definition) is 4. The van der Waals surface area contributed by atoms with E-state index < -0.39 is 0 Å². The van der Waals surface area contributed by atoms with E-state index in [4.69, 9.17) is 4.74 Å². The van der Waals surface area contributed by atoms with E-state index in [1.807, 2.05) is 0 Å². The van der Waals surface area contributed by atoms with Crippen LogP contribution in [-0.2, 0) is 0 Å². The number of hydrogen-bond donors (Lipinski definition) is 1. The number of fused-ring (bicyclic) bond motifs is 3. The van der Waals surface area contributed by atoms with Gasteiger partial charge >= 0.3 is 0 Å². The highest BCUT2D eigenvalue weighted by molar-refractivity contribution is 9.10. The Bertz CT molecular complexity index is 1280. The van der Waals surface area contributed by atoms with E-state index in [2.05, 4.69) is 138 Å². The van der Waals surface area contributed by atoms with Crippen molar-refractivity contribution in [1.82, 2.24) is 5.32 Å². The minimum Gasteiger partial charge on any atom is -0.471 e. The zero-order valence-electron chi connectivity index (χ0n) is 19.3. The van der Waals surface area contributed by atoms with E-state index in [1.165, 1.54) is 33.3 Å². The fourth-order valence-electron chi connectivity index (χ4n) is 4.44. The fraction of sp³-hybridized carbons (Fsp3) is 0.214. The molecule has 0 amide bonds. The lowest BCUT2D eigenvalue weighted by atomic mass is 9.91. The first-order valence-corrected chi connectivity index (χ1v) is 11.9. The number of ether oxygens (including phenoxy) is 1. The Morgan fingerprint density at radius 2 is 1.33 bits per heavy atom. The summed E-state index contributed by atoms with van der Waals surface area (Å²) in [6.45, 7) is 0. The first-order chi connectivity index (χ1) is 15.9. The Balaban J connectivity index is 1.61. The van der Waals surface area contributed by atoms with Gasteiger partial charge in [0.25, 0.3) is 0 Å². The molecule has 168 valence electrons. The third-order valence-corrected chi connectivity index (χ3v) is 6.78. The second-order valence-corrected chi connectivity index (χ2v) is 9.83. The normalized spacial score (nSPS) is 17.4. The summed E-state index contributed by atoms with van der Waals surface area (Å²) in [6, 6.07) is 28.0. The molecule has 5 heteroatoms. The maximum atomic E-state index is 6.53. The molecule has 1 aliphatic rings. The van der Waals surface area contributed by atoms with E-state index in [1.54, 1.807) is 0 Å². The molecular weight excluding hydrogens is 474 g/mol. The monoisotopic (exact) mass is 501 g/mol. The van der Waals surface area contributed by atoms with Gasteiger partial charge in [0.2, 0.25) is 0 Å². The first kappa shape index (κ1) is 21.8. The van der Waals surface area contributed by atoms with Gasteiger partial charge < -0.3 is 14.5 Å². The number of halogens is 1. The van der Waals surface area contributed by atoms with Crippen molar-refractivity contribution < 1.29 is 4.74 Å². The van der Waals surface area contributed by atoms with Crippen LogP contribution in [0.15, 0.2) is 83.3 Å². The summed E-state index contributed by atoms with van der Waals surface area (Å²) in [5.74, 6) is 0.923. The van der Waals surface area contributed by atoms with Crippen LogP contribution in [0.2, 0.25) is 0 Å². The molecule has 0 spiro atoms. The molecule has 0 radical (unpaired) electrons. The van der Waals surface area contributed by atoms with Gasteiger partial charge in [-0.2, -0.15) is 0 Å². The molecule has 0 saturated heterocycles. The average Bonchev–Trinajstić information content (AvgIpc) is 2.83. The minimum absolute atomic E-state index is 0.00774. The SMILES string of the molecule is CN(C)c1ccc([C@H]2N[C@@H](c3ccc(N(C)C)cc3)Oc3ccc4cc(Br)ccc4c32)cc1. The van der Waals surface area contributed by atoms with E-state index in [-0.39, 0.29) is 12.3 Å². The number of nitrogens with one attached hydrogen (secondary N) is 1. The number of benzene rings is 4. The summed E-state index contributed by atoms with van der Waals surface area (Å²) in [6.07, 6.45) is -0.236. The van der Waals surface area contributed by atoms with Gasteiger partial charge in [-0.1, -0.05) is 52.3 Å². The zero-order chi connectivity index (χ0) is 23.1. The van der Waals surface area contributed by atoms with Crippen LogP contribution in [0.1, 0.15) is 29.0 Å². The molecule has 1 aliphatic heterocycles. The Morgan fingerprint density at radius 1 is 0.727 bits per heavy atom. The first-order valence-electron chi connectivity index (χ1n) is 11.1. The molecule has 0 fully saturated rings. The van der Waals surface area contributed by atoms with E-state index in [0.29, 0.717) is 0 Å². The van der Waals surface area contributed by atoms with E-state index in [9.17, 15) is 0 Å². The lowest BCUT2D eigenvalue weighted by Crippen LogP contribution is -2.35. The lowest BCUT2D eigenvalue weighted by Gasteiger charge is -2.35. The van der Waals surface area contributed by atoms with Gasteiger partial charge in [0.15, 0.2) is 6.23 Å². The summed E-state index contributed by atoms with van der Waals surface area (Å²) < 4.78 is 7.60. The third-order valence-electron chi connectivity index (χ3n) is 6.29. The van der Waals surface area contributed by atoms with Crippen LogP contribution in [0.5, 0.6) is 5.75 Å².